The van der Waals surface area contributed by atoms with Crippen LogP contribution in [0, 0.1) is 0 Å². The van der Waals surface area contributed by atoms with Gasteiger partial charge in [0, 0.05) is 54.9 Å². The van der Waals surface area contributed by atoms with E-state index in [4.69, 9.17) is 16.0 Å². The van der Waals surface area contributed by atoms with Gasteiger partial charge in [0.05, 0.1) is 0 Å². The molecule has 1 aromatic heterocycles. The highest BCUT2D eigenvalue weighted by molar-refractivity contribution is 6.31. The minimum Gasteiger partial charge on any atom is -0.423 e. The second-order valence-electron chi connectivity index (χ2n) is 6.33. The summed E-state index contributed by atoms with van der Waals surface area (Å²) >= 11 is 6.12. The van der Waals surface area contributed by atoms with E-state index in [0.29, 0.717) is 10.6 Å². The Bertz CT molecular complexity index is 931. The summed E-state index contributed by atoms with van der Waals surface area (Å²) in [4.78, 5) is 16.6. The molecule has 4 rings (SSSR count). The summed E-state index contributed by atoms with van der Waals surface area (Å²) in [7, 11) is 0. The molecule has 0 saturated carbocycles. The van der Waals surface area contributed by atoms with Crippen LogP contribution in [0.4, 0.5) is 5.69 Å². The molecule has 128 valence electrons. The van der Waals surface area contributed by atoms with Gasteiger partial charge in [-0.25, -0.2) is 4.79 Å². The Morgan fingerprint density at radius 2 is 1.72 bits per heavy atom. The van der Waals surface area contributed by atoms with E-state index in [1.54, 1.807) is 18.2 Å². The number of piperazine rings is 1. The molecule has 0 radical (unpaired) electrons. The van der Waals surface area contributed by atoms with Crippen molar-refractivity contribution in [1.29, 1.82) is 0 Å². The first-order valence-corrected chi connectivity index (χ1v) is 8.81. The summed E-state index contributed by atoms with van der Waals surface area (Å²) in [5.74, 6) is 0. The fraction of sp³-hybridized carbons (Fsp3) is 0.250. The van der Waals surface area contributed by atoms with E-state index in [9.17, 15) is 4.79 Å². The van der Waals surface area contributed by atoms with Crippen molar-refractivity contribution in [3.8, 4) is 0 Å². The molecule has 2 aromatic carbocycles. The van der Waals surface area contributed by atoms with Gasteiger partial charge in [0.2, 0.25) is 0 Å². The first-order chi connectivity index (χ1) is 12.2. The van der Waals surface area contributed by atoms with Crippen LogP contribution in [0.2, 0.25) is 5.02 Å². The van der Waals surface area contributed by atoms with Gasteiger partial charge in [-0.15, -0.1) is 0 Å². The second-order valence-corrected chi connectivity index (χ2v) is 6.77. The van der Waals surface area contributed by atoms with E-state index in [-0.39, 0.29) is 5.63 Å². The summed E-state index contributed by atoms with van der Waals surface area (Å²) in [5.41, 5.74) is 2.52. The molecule has 1 fully saturated rings. The summed E-state index contributed by atoms with van der Waals surface area (Å²) < 4.78 is 5.28. The van der Waals surface area contributed by atoms with Crippen molar-refractivity contribution in [3.63, 3.8) is 0 Å². The number of rotatable bonds is 3. The Morgan fingerprint density at radius 1 is 0.960 bits per heavy atom. The number of hydrogen-bond acceptors (Lipinski definition) is 4. The predicted octanol–water partition coefficient (Wildman–Crippen LogP) is 3.77. The smallest absolute Gasteiger partial charge is 0.336 e. The van der Waals surface area contributed by atoms with Crippen molar-refractivity contribution < 1.29 is 4.42 Å². The predicted molar refractivity (Wildman–Crippen MR) is 101 cm³/mol. The highest BCUT2D eigenvalue weighted by Crippen LogP contribution is 2.23. The van der Waals surface area contributed by atoms with Gasteiger partial charge < -0.3 is 9.32 Å². The zero-order valence-electron chi connectivity index (χ0n) is 13.8. The molecule has 4 nitrogen and oxygen atoms in total. The third-order valence-electron chi connectivity index (χ3n) is 4.68. The molecule has 0 atom stereocenters. The number of nitrogens with zero attached hydrogens (tertiary/aromatic N) is 2. The monoisotopic (exact) mass is 354 g/mol. The SMILES string of the molecule is O=c1cc(CN2CCN(c3ccccc3)CC2)c2cc(Cl)ccc2o1. The average Bonchev–Trinajstić information content (AvgIpc) is 2.64. The highest BCUT2D eigenvalue weighted by Gasteiger charge is 2.18. The fourth-order valence-electron chi connectivity index (χ4n) is 3.37. The van der Waals surface area contributed by atoms with Crippen LogP contribution in [-0.4, -0.2) is 31.1 Å². The summed E-state index contributed by atoms with van der Waals surface area (Å²) in [6.07, 6.45) is 0. The maximum atomic E-state index is 11.8. The van der Waals surface area contributed by atoms with Crippen molar-refractivity contribution in [2.75, 3.05) is 31.1 Å². The molecule has 2 heterocycles. The molecular weight excluding hydrogens is 336 g/mol. The van der Waals surface area contributed by atoms with Crippen molar-refractivity contribution in [3.05, 3.63) is 75.6 Å². The Morgan fingerprint density at radius 3 is 2.48 bits per heavy atom. The first-order valence-electron chi connectivity index (χ1n) is 8.44. The molecule has 0 N–H and O–H groups in total. The first kappa shape index (κ1) is 16.2. The Kier molecular flexibility index (Phi) is 4.47. The zero-order valence-corrected chi connectivity index (χ0v) is 14.6. The number of benzene rings is 2. The van der Waals surface area contributed by atoms with Gasteiger partial charge in [-0.05, 0) is 35.9 Å². The lowest BCUT2D eigenvalue weighted by molar-refractivity contribution is 0.250. The van der Waals surface area contributed by atoms with Crippen LogP contribution >= 0.6 is 11.6 Å². The van der Waals surface area contributed by atoms with Crippen LogP contribution in [0.15, 0.2) is 63.8 Å². The number of hydrogen-bond donors (Lipinski definition) is 0. The lowest BCUT2D eigenvalue weighted by atomic mass is 10.1. The van der Waals surface area contributed by atoms with Gasteiger partial charge in [0.25, 0.3) is 0 Å². The van der Waals surface area contributed by atoms with E-state index in [0.717, 1.165) is 43.7 Å². The minimum atomic E-state index is -0.312. The zero-order chi connectivity index (χ0) is 17.2. The van der Waals surface area contributed by atoms with E-state index < -0.39 is 0 Å². The molecule has 25 heavy (non-hydrogen) atoms. The minimum absolute atomic E-state index is 0.312. The van der Waals surface area contributed by atoms with Crippen molar-refractivity contribution in [2.45, 2.75) is 6.54 Å². The van der Waals surface area contributed by atoms with Gasteiger partial charge >= 0.3 is 5.63 Å². The highest BCUT2D eigenvalue weighted by atomic mass is 35.5. The lowest BCUT2D eigenvalue weighted by Gasteiger charge is -2.36. The van der Waals surface area contributed by atoms with Gasteiger partial charge in [-0.2, -0.15) is 0 Å². The molecule has 5 heteroatoms. The number of anilines is 1. The summed E-state index contributed by atoms with van der Waals surface area (Å²) in [5, 5.41) is 1.56. The maximum Gasteiger partial charge on any atom is 0.336 e. The van der Waals surface area contributed by atoms with E-state index in [1.165, 1.54) is 5.69 Å². The number of halogens is 1. The molecule has 0 spiro atoms. The summed E-state index contributed by atoms with van der Waals surface area (Å²) in [6.45, 7) is 4.59. The van der Waals surface area contributed by atoms with Crippen molar-refractivity contribution in [1.82, 2.24) is 4.90 Å². The van der Waals surface area contributed by atoms with Gasteiger partial charge in [0.15, 0.2) is 0 Å². The number of para-hydroxylation sites is 1. The standard InChI is InChI=1S/C20H19ClN2O2/c21-16-6-7-19-18(13-16)15(12-20(24)25-19)14-22-8-10-23(11-9-22)17-4-2-1-3-5-17/h1-7,12-13H,8-11,14H2. The molecule has 0 aliphatic carbocycles. The molecular formula is C20H19ClN2O2. The van der Waals surface area contributed by atoms with Crippen molar-refractivity contribution in [2.24, 2.45) is 0 Å². The van der Waals surface area contributed by atoms with E-state index in [2.05, 4.69) is 34.1 Å². The molecule has 0 unspecified atom stereocenters. The van der Waals surface area contributed by atoms with E-state index >= 15 is 0 Å². The van der Waals surface area contributed by atoms with Gasteiger partial charge in [-0.3, -0.25) is 4.90 Å². The molecule has 0 amide bonds. The third kappa shape index (κ3) is 3.55. The Hall–Kier alpha value is -2.30. The number of fused-ring (bicyclic) bond motifs is 1. The van der Waals surface area contributed by atoms with Crippen LogP contribution in [0.1, 0.15) is 5.56 Å². The molecule has 1 aliphatic heterocycles. The molecule has 0 bridgehead atoms. The topological polar surface area (TPSA) is 36.7 Å². The van der Waals surface area contributed by atoms with Crippen LogP contribution < -0.4 is 10.5 Å². The quantitative estimate of drug-likeness (QED) is 0.671. The van der Waals surface area contributed by atoms with Crippen LogP contribution in [0.5, 0.6) is 0 Å². The molecule has 1 saturated heterocycles. The second kappa shape index (κ2) is 6.90. The van der Waals surface area contributed by atoms with Crippen LogP contribution in [-0.2, 0) is 6.54 Å². The van der Waals surface area contributed by atoms with Gasteiger partial charge in [-0.1, -0.05) is 29.8 Å². The Labute approximate surface area is 151 Å². The lowest BCUT2D eigenvalue weighted by Crippen LogP contribution is -2.46. The van der Waals surface area contributed by atoms with Crippen LogP contribution in [0.3, 0.4) is 0 Å². The fourth-order valence-corrected chi connectivity index (χ4v) is 3.55. The third-order valence-corrected chi connectivity index (χ3v) is 4.91. The molecule has 3 aromatic rings. The van der Waals surface area contributed by atoms with Gasteiger partial charge in [0.1, 0.15) is 5.58 Å². The Balaban J connectivity index is 1.51. The largest absolute Gasteiger partial charge is 0.423 e. The average molecular weight is 355 g/mol. The summed E-state index contributed by atoms with van der Waals surface area (Å²) in [6, 6.07) is 17.4. The maximum absolute atomic E-state index is 11.8. The van der Waals surface area contributed by atoms with E-state index in [1.807, 2.05) is 12.1 Å². The normalized spacial score (nSPS) is 15.6. The van der Waals surface area contributed by atoms with Crippen LogP contribution in [0.25, 0.3) is 11.0 Å². The van der Waals surface area contributed by atoms with Crippen molar-refractivity contribution >= 4 is 28.3 Å². The molecule has 1 aliphatic rings.